The summed E-state index contributed by atoms with van der Waals surface area (Å²) in [5, 5.41) is 0. The molecule has 0 saturated heterocycles. The Kier molecular flexibility index (Phi) is 37.0. The average Bonchev–Trinajstić information content (AvgIpc) is 2.35. The molecule has 0 saturated carbocycles. The van der Waals surface area contributed by atoms with Crippen LogP contribution in [0.4, 0.5) is 0 Å². The number of hydrogen-bond acceptors (Lipinski definition) is 2. The third-order valence-corrected chi connectivity index (χ3v) is 1.13. The van der Waals surface area contributed by atoms with E-state index in [1.54, 1.807) is 24.8 Å². The zero-order chi connectivity index (χ0) is 11.2. The molecule has 0 unspecified atom stereocenters. The maximum absolute atomic E-state index is 3.78. The van der Waals surface area contributed by atoms with Crippen molar-refractivity contribution in [2.24, 2.45) is 0 Å². The summed E-state index contributed by atoms with van der Waals surface area (Å²) in [6.07, 6.45) is 7.75. The normalized spacial score (nSPS) is 6.33. The van der Waals surface area contributed by atoms with Crippen LogP contribution in [0.5, 0.6) is 0 Å². The molecule has 0 radical (unpaired) electrons. The van der Waals surface area contributed by atoms with Gasteiger partial charge in [-0.1, -0.05) is 12.1 Å². The number of hydrogen-bond donors (Lipinski definition) is 0. The summed E-state index contributed by atoms with van der Waals surface area (Å²) in [6, 6.07) is 11.4. The molecule has 0 aliphatic heterocycles. The molecule has 5 heteroatoms. The van der Waals surface area contributed by atoms with Crippen LogP contribution in [0, 0.1) is 13.8 Å². The molecule has 0 bridgehead atoms. The van der Waals surface area contributed by atoms with E-state index in [4.69, 9.17) is 0 Å². The Morgan fingerprint density at radius 3 is 0.889 bits per heavy atom. The van der Waals surface area contributed by atoms with Crippen molar-refractivity contribution in [3.63, 3.8) is 0 Å². The molecule has 0 atom stereocenters. The first-order chi connectivity index (χ1) is 7.41. The zero-order valence-electron chi connectivity index (χ0n) is 9.86. The minimum atomic E-state index is 0. The van der Waals surface area contributed by atoms with Gasteiger partial charge in [0.05, 0.1) is 0 Å². The first kappa shape index (κ1) is 26.2. The first-order valence-corrected chi connectivity index (χ1v) is 4.70. The number of aromatic nitrogens is 2. The van der Waals surface area contributed by atoms with Gasteiger partial charge in [0.25, 0.3) is 0 Å². The number of pyridine rings is 2. The van der Waals surface area contributed by atoms with Crippen LogP contribution in [-0.2, 0) is 21.1 Å². The van der Waals surface area contributed by atoms with E-state index in [2.05, 4.69) is 23.8 Å². The van der Waals surface area contributed by atoms with E-state index in [9.17, 15) is 0 Å². The third kappa shape index (κ3) is 24.7. The quantitative estimate of drug-likeness (QED) is 0.393. The molecule has 0 fully saturated rings. The van der Waals surface area contributed by atoms with E-state index >= 15 is 0 Å². The minimum Gasteiger partial charge on any atom is -1.00 e. The van der Waals surface area contributed by atoms with Crippen LogP contribution in [0.2, 0.25) is 0 Å². The molecular weight excluding hydrogens is 450 g/mol. The zero-order valence-corrected chi connectivity index (χ0v) is 13.6. The van der Waals surface area contributed by atoms with Gasteiger partial charge in [-0.15, -0.1) is 0 Å². The topological polar surface area (TPSA) is 25.8 Å². The van der Waals surface area contributed by atoms with Gasteiger partial charge in [-0.2, -0.15) is 0 Å². The summed E-state index contributed by atoms with van der Waals surface area (Å²) in [6.45, 7) is 6.75. The molecule has 0 aliphatic carbocycles. The SMILES string of the molecule is [CH2-]C[CH2-].[Cl-].[Cl-].[Pt+4].c1ccncc1.c1ccncc1. The number of nitrogens with zero attached hydrogens (tertiary/aromatic N) is 2. The maximum atomic E-state index is 3.78. The predicted octanol–water partition coefficient (Wildman–Crippen LogP) is -2.79. The fourth-order valence-electron chi connectivity index (χ4n) is 0.625. The summed E-state index contributed by atoms with van der Waals surface area (Å²) < 4.78 is 0. The molecule has 0 N–H and O–H groups in total. The van der Waals surface area contributed by atoms with Crippen molar-refractivity contribution >= 4 is 0 Å². The predicted molar refractivity (Wildman–Crippen MR) is 63.8 cm³/mol. The van der Waals surface area contributed by atoms with Gasteiger partial charge in [-0.25, -0.2) is 0 Å². The number of rotatable bonds is 0. The van der Waals surface area contributed by atoms with Gasteiger partial charge in [-0.3, -0.25) is 9.97 Å². The van der Waals surface area contributed by atoms with Gasteiger partial charge >= 0.3 is 21.1 Å². The summed E-state index contributed by atoms with van der Waals surface area (Å²) in [7, 11) is 0. The molecule has 0 aliphatic rings. The van der Waals surface area contributed by atoms with Crippen LogP contribution in [-0.4, -0.2) is 9.97 Å². The van der Waals surface area contributed by atoms with Crippen molar-refractivity contribution in [2.45, 2.75) is 6.42 Å². The van der Waals surface area contributed by atoms with E-state index in [1.807, 2.05) is 36.4 Å². The Morgan fingerprint density at radius 1 is 0.611 bits per heavy atom. The van der Waals surface area contributed by atoms with Crippen molar-refractivity contribution < 1.29 is 45.9 Å². The van der Waals surface area contributed by atoms with Crippen LogP contribution in [0.1, 0.15) is 6.42 Å². The fraction of sp³-hybridized carbons (Fsp3) is 0.0769. The smallest absolute Gasteiger partial charge is 1.00 e. The first-order valence-electron chi connectivity index (χ1n) is 4.70. The molecule has 102 valence electrons. The minimum absolute atomic E-state index is 0. The molecule has 0 amide bonds. The molecule has 2 aromatic rings. The molecule has 0 aromatic carbocycles. The standard InChI is InChI=1S/2C5H5N.C3H6.2ClH.Pt/c2*1-2-4-6-5-3-1;1-3-2;;;/h2*1-5H;1-3H2;2*1H;/q;;-2;;;+4/p-2. The molecular formula is C13H16Cl2N2Pt. The summed E-state index contributed by atoms with van der Waals surface area (Å²) >= 11 is 0. The second-order valence-corrected chi connectivity index (χ2v) is 2.40. The van der Waals surface area contributed by atoms with Gasteiger partial charge < -0.3 is 45.1 Å². The number of halogens is 2. The molecule has 2 aromatic heterocycles. The van der Waals surface area contributed by atoms with Crippen LogP contribution < -0.4 is 24.8 Å². The van der Waals surface area contributed by atoms with Crippen molar-refractivity contribution in [3.8, 4) is 0 Å². The van der Waals surface area contributed by atoms with Crippen LogP contribution in [0.25, 0.3) is 0 Å². The third-order valence-electron chi connectivity index (χ3n) is 1.13. The van der Waals surface area contributed by atoms with E-state index in [-0.39, 0.29) is 45.9 Å². The van der Waals surface area contributed by atoms with Gasteiger partial charge in [0.1, 0.15) is 0 Å². The molecule has 2 rings (SSSR count). The average molecular weight is 466 g/mol. The van der Waals surface area contributed by atoms with Crippen molar-refractivity contribution in [1.82, 2.24) is 9.97 Å². The van der Waals surface area contributed by atoms with Crippen LogP contribution >= 0.6 is 0 Å². The van der Waals surface area contributed by atoms with E-state index < -0.39 is 0 Å². The van der Waals surface area contributed by atoms with Crippen molar-refractivity contribution in [3.05, 3.63) is 75.0 Å². The van der Waals surface area contributed by atoms with E-state index in [0.717, 1.165) is 6.42 Å². The van der Waals surface area contributed by atoms with Gasteiger partial charge in [-0.05, 0) is 24.3 Å². The largest absolute Gasteiger partial charge is 4.00 e. The van der Waals surface area contributed by atoms with Crippen LogP contribution in [0.3, 0.4) is 0 Å². The molecule has 18 heavy (non-hydrogen) atoms. The Bertz CT molecular complexity index is 211. The van der Waals surface area contributed by atoms with Gasteiger partial charge in [0, 0.05) is 24.8 Å². The second kappa shape index (κ2) is 25.4. The molecule has 2 nitrogen and oxygen atoms in total. The fourth-order valence-corrected chi connectivity index (χ4v) is 0.625. The van der Waals surface area contributed by atoms with Crippen LogP contribution in [0.15, 0.2) is 61.2 Å². The summed E-state index contributed by atoms with van der Waals surface area (Å²) in [5.41, 5.74) is 0. The maximum Gasteiger partial charge on any atom is 4.00 e. The Morgan fingerprint density at radius 2 is 0.833 bits per heavy atom. The van der Waals surface area contributed by atoms with Gasteiger partial charge in [0.15, 0.2) is 0 Å². The second-order valence-electron chi connectivity index (χ2n) is 2.40. The molecule has 0 spiro atoms. The Labute approximate surface area is 137 Å². The summed E-state index contributed by atoms with van der Waals surface area (Å²) in [4.78, 5) is 7.57. The van der Waals surface area contributed by atoms with Gasteiger partial charge in [0.2, 0.25) is 0 Å². The van der Waals surface area contributed by atoms with Crippen molar-refractivity contribution in [2.75, 3.05) is 0 Å². The summed E-state index contributed by atoms with van der Waals surface area (Å²) in [5.74, 6) is 0. The monoisotopic (exact) mass is 465 g/mol. The Balaban J connectivity index is -0.0000000793. The Hall–Kier alpha value is -0.432. The van der Waals surface area contributed by atoms with E-state index in [0.29, 0.717) is 0 Å². The van der Waals surface area contributed by atoms with Crippen molar-refractivity contribution in [1.29, 1.82) is 0 Å². The molecule has 2 heterocycles. The van der Waals surface area contributed by atoms with E-state index in [1.165, 1.54) is 0 Å².